The van der Waals surface area contributed by atoms with Crippen molar-refractivity contribution in [2.75, 3.05) is 13.2 Å². The molecule has 1 aliphatic carbocycles. The summed E-state index contributed by atoms with van der Waals surface area (Å²) in [4.78, 5) is 0. The van der Waals surface area contributed by atoms with Crippen LogP contribution in [0.15, 0.2) is 24.3 Å². The Morgan fingerprint density at radius 2 is 1.95 bits per heavy atom. The molecule has 3 nitrogen and oxygen atoms in total. The zero-order valence-corrected chi connectivity index (χ0v) is 12.0. The highest BCUT2D eigenvalue weighted by molar-refractivity contribution is 5.35. The van der Waals surface area contributed by atoms with Gasteiger partial charge in [0.2, 0.25) is 0 Å². The Balaban J connectivity index is 1.88. The van der Waals surface area contributed by atoms with Crippen molar-refractivity contribution < 1.29 is 9.47 Å². The van der Waals surface area contributed by atoms with Crippen LogP contribution in [-0.4, -0.2) is 19.3 Å². The number of hydrogen-bond donors (Lipinski definition) is 1. The lowest BCUT2D eigenvalue weighted by atomic mass is 9.77. The van der Waals surface area contributed by atoms with E-state index in [1.54, 1.807) is 0 Å². The molecule has 106 valence electrons. The second kappa shape index (κ2) is 6.92. The van der Waals surface area contributed by atoms with E-state index in [2.05, 4.69) is 13.0 Å². The second-order valence-electron chi connectivity index (χ2n) is 5.23. The van der Waals surface area contributed by atoms with E-state index >= 15 is 0 Å². The molecule has 1 aromatic carbocycles. The molecule has 0 aromatic heterocycles. The quantitative estimate of drug-likeness (QED) is 0.821. The first kappa shape index (κ1) is 14.4. The Morgan fingerprint density at radius 1 is 1.21 bits per heavy atom. The predicted octanol–water partition coefficient (Wildman–Crippen LogP) is 3.29. The summed E-state index contributed by atoms with van der Waals surface area (Å²) < 4.78 is 11.2. The first-order valence-electron chi connectivity index (χ1n) is 7.33. The Morgan fingerprint density at radius 3 is 2.63 bits per heavy atom. The maximum Gasteiger partial charge on any atom is 0.124 e. The van der Waals surface area contributed by atoms with Crippen molar-refractivity contribution in [2.45, 2.75) is 45.3 Å². The molecule has 2 N–H and O–H groups in total. The molecular formula is C16H25NO2. The van der Waals surface area contributed by atoms with Crippen molar-refractivity contribution in [2.24, 2.45) is 11.7 Å². The molecule has 0 saturated heterocycles. The summed E-state index contributed by atoms with van der Waals surface area (Å²) in [6.07, 6.45) is 3.79. The van der Waals surface area contributed by atoms with Gasteiger partial charge in [-0.1, -0.05) is 18.2 Å². The van der Waals surface area contributed by atoms with Crippen LogP contribution in [0.3, 0.4) is 0 Å². The zero-order chi connectivity index (χ0) is 13.7. The van der Waals surface area contributed by atoms with Crippen molar-refractivity contribution in [3.63, 3.8) is 0 Å². The van der Waals surface area contributed by atoms with E-state index in [-0.39, 0.29) is 6.04 Å². The topological polar surface area (TPSA) is 44.5 Å². The van der Waals surface area contributed by atoms with Crippen LogP contribution in [0.5, 0.6) is 5.75 Å². The van der Waals surface area contributed by atoms with Gasteiger partial charge in [0.05, 0.1) is 12.7 Å². The number of ether oxygens (including phenoxy) is 2. The molecule has 1 atom stereocenters. The van der Waals surface area contributed by atoms with Crippen molar-refractivity contribution in [3.8, 4) is 5.75 Å². The SMILES string of the molecule is CCOc1ccccc1C(N)CC1CC(OCC)C1. The number of rotatable bonds is 7. The maximum atomic E-state index is 6.34. The third-order valence-electron chi connectivity index (χ3n) is 3.80. The lowest BCUT2D eigenvalue weighted by Crippen LogP contribution is -2.33. The van der Waals surface area contributed by atoms with E-state index in [0.717, 1.165) is 37.2 Å². The molecule has 0 bridgehead atoms. The van der Waals surface area contributed by atoms with Crippen LogP contribution >= 0.6 is 0 Å². The largest absolute Gasteiger partial charge is 0.494 e. The average Bonchev–Trinajstić information content (AvgIpc) is 2.37. The molecular weight excluding hydrogens is 238 g/mol. The number of para-hydroxylation sites is 1. The van der Waals surface area contributed by atoms with Gasteiger partial charge in [0.1, 0.15) is 5.75 Å². The minimum atomic E-state index is 0.0651. The van der Waals surface area contributed by atoms with E-state index in [4.69, 9.17) is 15.2 Å². The van der Waals surface area contributed by atoms with Gasteiger partial charge in [-0.05, 0) is 45.1 Å². The van der Waals surface area contributed by atoms with Crippen LogP contribution in [0.25, 0.3) is 0 Å². The van der Waals surface area contributed by atoms with Gasteiger partial charge < -0.3 is 15.2 Å². The standard InChI is InChI=1S/C16H25NO2/c1-3-18-13-9-12(10-13)11-15(17)14-7-5-6-8-16(14)19-4-2/h5-8,12-13,15H,3-4,9-11,17H2,1-2H3. The summed E-state index contributed by atoms with van der Waals surface area (Å²) in [5.41, 5.74) is 7.46. The lowest BCUT2D eigenvalue weighted by molar-refractivity contribution is -0.0282. The number of nitrogens with two attached hydrogens (primary N) is 1. The van der Waals surface area contributed by atoms with Gasteiger partial charge in [0, 0.05) is 18.2 Å². The van der Waals surface area contributed by atoms with E-state index in [1.165, 1.54) is 0 Å². The van der Waals surface area contributed by atoms with Crippen LogP contribution in [0.2, 0.25) is 0 Å². The molecule has 0 amide bonds. The zero-order valence-electron chi connectivity index (χ0n) is 12.0. The Hall–Kier alpha value is -1.06. The van der Waals surface area contributed by atoms with Gasteiger partial charge in [0.15, 0.2) is 0 Å². The van der Waals surface area contributed by atoms with Crippen molar-refractivity contribution in [1.29, 1.82) is 0 Å². The van der Waals surface area contributed by atoms with Crippen molar-refractivity contribution in [3.05, 3.63) is 29.8 Å². The fourth-order valence-corrected chi connectivity index (χ4v) is 2.80. The molecule has 0 heterocycles. The molecule has 19 heavy (non-hydrogen) atoms. The Labute approximate surface area is 116 Å². The van der Waals surface area contributed by atoms with Crippen LogP contribution in [0.1, 0.15) is 44.7 Å². The van der Waals surface area contributed by atoms with E-state index < -0.39 is 0 Å². The van der Waals surface area contributed by atoms with Crippen LogP contribution in [0.4, 0.5) is 0 Å². The highest BCUT2D eigenvalue weighted by Crippen LogP contribution is 2.37. The highest BCUT2D eigenvalue weighted by Gasteiger charge is 2.31. The van der Waals surface area contributed by atoms with Crippen molar-refractivity contribution >= 4 is 0 Å². The van der Waals surface area contributed by atoms with Crippen LogP contribution in [-0.2, 0) is 4.74 Å². The van der Waals surface area contributed by atoms with Gasteiger partial charge >= 0.3 is 0 Å². The first-order valence-corrected chi connectivity index (χ1v) is 7.33. The summed E-state index contributed by atoms with van der Waals surface area (Å²) in [5.74, 6) is 1.62. The highest BCUT2D eigenvalue weighted by atomic mass is 16.5. The molecule has 1 fully saturated rings. The number of benzene rings is 1. The van der Waals surface area contributed by atoms with Gasteiger partial charge in [-0.15, -0.1) is 0 Å². The van der Waals surface area contributed by atoms with Gasteiger partial charge in [-0.3, -0.25) is 0 Å². The van der Waals surface area contributed by atoms with E-state index in [1.807, 2.05) is 25.1 Å². The molecule has 0 radical (unpaired) electrons. The summed E-state index contributed by atoms with van der Waals surface area (Å²) >= 11 is 0. The molecule has 1 unspecified atom stereocenters. The molecule has 2 rings (SSSR count). The summed E-state index contributed by atoms with van der Waals surface area (Å²) in [7, 11) is 0. The Kier molecular flexibility index (Phi) is 5.23. The molecule has 0 aliphatic heterocycles. The fraction of sp³-hybridized carbons (Fsp3) is 0.625. The normalized spacial score (nSPS) is 23.7. The predicted molar refractivity (Wildman–Crippen MR) is 77.3 cm³/mol. The Bertz CT molecular complexity index is 388. The lowest BCUT2D eigenvalue weighted by Gasteiger charge is -2.36. The maximum absolute atomic E-state index is 6.34. The monoisotopic (exact) mass is 263 g/mol. The molecule has 1 aromatic rings. The third kappa shape index (κ3) is 3.71. The summed E-state index contributed by atoms with van der Waals surface area (Å²) in [6.45, 7) is 5.55. The summed E-state index contributed by atoms with van der Waals surface area (Å²) in [6, 6.07) is 8.17. The smallest absolute Gasteiger partial charge is 0.124 e. The average molecular weight is 263 g/mol. The minimum Gasteiger partial charge on any atom is -0.494 e. The molecule has 1 aliphatic rings. The molecule has 3 heteroatoms. The first-order chi connectivity index (χ1) is 9.24. The van der Waals surface area contributed by atoms with E-state index in [9.17, 15) is 0 Å². The van der Waals surface area contributed by atoms with E-state index in [0.29, 0.717) is 18.6 Å². The molecule has 0 spiro atoms. The van der Waals surface area contributed by atoms with Gasteiger partial charge in [-0.2, -0.15) is 0 Å². The minimum absolute atomic E-state index is 0.0651. The number of hydrogen-bond acceptors (Lipinski definition) is 3. The van der Waals surface area contributed by atoms with Crippen LogP contribution < -0.4 is 10.5 Å². The third-order valence-corrected chi connectivity index (χ3v) is 3.80. The van der Waals surface area contributed by atoms with Crippen molar-refractivity contribution in [1.82, 2.24) is 0 Å². The molecule has 1 saturated carbocycles. The van der Waals surface area contributed by atoms with Crippen LogP contribution in [0, 0.1) is 5.92 Å². The second-order valence-corrected chi connectivity index (χ2v) is 5.23. The fourth-order valence-electron chi connectivity index (χ4n) is 2.80. The summed E-state index contributed by atoms with van der Waals surface area (Å²) in [5, 5.41) is 0. The van der Waals surface area contributed by atoms with Gasteiger partial charge in [-0.25, -0.2) is 0 Å². The van der Waals surface area contributed by atoms with Gasteiger partial charge in [0.25, 0.3) is 0 Å².